The Morgan fingerprint density at radius 1 is 1.00 bits per heavy atom. The molecule has 0 unspecified atom stereocenters. The van der Waals surface area contributed by atoms with E-state index >= 15 is 0 Å². The molecule has 10 nitrogen and oxygen atoms in total. The number of hydrogen-bond donors (Lipinski definition) is 3. The summed E-state index contributed by atoms with van der Waals surface area (Å²) in [5.41, 5.74) is 1.65. The number of nitrogens with one attached hydrogen (secondary N) is 2. The molecule has 0 radical (unpaired) electrons. The van der Waals surface area contributed by atoms with Gasteiger partial charge in [-0.15, -0.1) is 0 Å². The molecule has 176 valence electrons. The highest BCUT2D eigenvalue weighted by molar-refractivity contribution is 5.99. The minimum atomic E-state index is -1.20. The van der Waals surface area contributed by atoms with Crippen LogP contribution in [-0.2, 0) is 4.74 Å². The normalized spacial score (nSPS) is 13.3. The zero-order valence-corrected chi connectivity index (χ0v) is 18.7. The van der Waals surface area contributed by atoms with Crippen LogP contribution < -0.4 is 20.3 Å². The number of para-hydroxylation sites is 1. The van der Waals surface area contributed by atoms with Crippen LogP contribution in [0.5, 0.6) is 5.75 Å². The molecule has 1 aliphatic rings. The van der Waals surface area contributed by atoms with Gasteiger partial charge in [0.2, 0.25) is 0 Å². The first-order valence-corrected chi connectivity index (χ1v) is 10.9. The summed E-state index contributed by atoms with van der Waals surface area (Å²) in [6.45, 7) is 4.22. The third-order valence-electron chi connectivity index (χ3n) is 5.08. The average molecular weight is 463 g/mol. The van der Waals surface area contributed by atoms with Crippen LogP contribution in [0.25, 0.3) is 11.4 Å². The summed E-state index contributed by atoms with van der Waals surface area (Å²) < 4.78 is 11.1. The first-order valence-electron chi connectivity index (χ1n) is 10.9. The van der Waals surface area contributed by atoms with E-state index in [1.165, 1.54) is 0 Å². The molecule has 1 aromatic heterocycles. The number of anilines is 3. The third kappa shape index (κ3) is 5.41. The average Bonchev–Trinajstić information content (AvgIpc) is 2.86. The molecule has 1 fully saturated rings. The lowest BCUT2D eigenvalue weighted by atomic mass is 10.2. The number of carbonyl (C=O) groups excluding carboxylic acids is 1. The Morgan fingerprint density at radius 3 is 2.26 bits per heavy atom. The maximum Gasteiger partial charge on any atom is 0.358 e. The number of ether oxygens (including phenoxy) is 2. The summed E-state index contributed by atoms with van der Waals surface area (Å²) in [7, 11) is 0. The summed E-state index contributed by atoms with van der Waals surface area (Å²) in [5, 5.41) is 15.3. The summed E-state index contributed by atoms with van der Waals surface area (Å²) >= 11 is 0. The molecular weight excluding hydrogens is 438 g/mol. The van der Waals surface area contributed by atoms with Crippen molar-refractivity contribution < 1.29 is 24.2 Å². The molecule has 34 heavy (non-hydrogen) atoms. The summed E-state index contributed by atoms with van der Waals surface area (Å²) in [5.74, 6) is -0.367. The number of amides is 2. The van der Waals surface area contributed by atoms with Crippen molar-refractivity contribution in [3.63, 3.8) is 0 Å². The van der Waals surface area contributed by atoms with Crippen molar-refractivity contribution in [1.82, 2.24) is 9.97 Å². The van der Waals surface area contributed by atoms with Crippen LogP contribution in [0.15, 0.2) is 54.6 Å². The Kier molecular flexibility index (Phi) is 7.19. The van der Waals surface area contributed by atoms with Gasteiger partial charge in [0.1, 0.15) is 0 Å². The van der Waals surface area contributed by atoms with Crippen molar-refractivity contribution in [3.8, 4) is 17.1 Å². The molecule has 3 aromatic rings. The molecule has 0 aliphatic carbocycles. The van der Waals surface area contributed by atoms with Crippen LogP contribution >= 0.6 is 0 Å². The van der Waals surface area contributed by atoms with Crippen LogP contribution in [0.4, 0.5) is 22.0 Å². The largest absolute Gasteiger partial charge is 0.488 e. The van der Waals surface area contributed by atoms with E-state index in [-0.39, 0.29) is 29.9 Å². The lowest BCUT2D eigenvalue weighted by molar-refractivity contribution is 0.0685. The third-order valence-corrected chi connectivity index (χ3v) is 5.08. The Labute approximate surface area is 196 Å². The van der Waals surface area contributed by atoms with Gasteiger partial charge < -0.3 is 30.1 Å². The molecule has 0 atom stereocenters. The van der Waals surface area contributed by atoms with E-state index in [1.54, 1.807) is 43.3 Å². The number of aromatic carboxylic acids is 1. The number of hydrogen-bond acceptors (Lipinski definition) is 7. The van der Waals surface area contributed by atoms with Gasteiger partial charge in [-0.25, -0.2) is 19.6 Å². The SMILES string of the molecule is CCOc1c(C(=O)O)nc(-c2ccc(NC(=O)Nc3ccccc3)cc2)nc1N1CCOCC1. The van der Waals surface area contributed by atoms with E-state index in [1.807, 2.05) is 23.1 Å². The van der Waals surface area contributed by atoms with Crippen molar-refractivity contribution in [3.05, 3.63) is 60.3 Å². The van der Waals surface area contributed by atoms with Crippen molar-refractivity contribution in [2.75, 3.05) is 48.4 Å². The van der Waals surface area contributed by atoms with E-state index in [9.17, 15) is 14.7 Å². The monoisotopic (exact) mass is 463 g/mol. The highest BCUT2D eigenvalue weighted by atomic mass is 16.5. The quantitative estimate of drug-likeness (QED) is 0.484. The predicted octanol–water partition coefficient (Wildman–Crippen LogP) is 3.72. The van der Waals surface area contributed by atoms with Gasteiger partial charge in [0.05, 0.1) is 19.8 Å². The smallest absolute Gasteiger partial charge is 0.358 e. The second-order valence-electron chi connectivity index (χ2n) is 7.41. The Morgan fingerprint density at radius 2 is 1.65 bits per heavy atom. The van der Waals surface area contributed by atoms with Gasteiger partial charge in [-0.2, -0.15) is 0 Å². The van der Waals surface area contributed by atoms with E-state index in [2.05, 4.69) is 20.6 Å². The fraction of sp³-hybridized carbons (Fsp3) is 0.250. The first-order chi connectivity index (χ1) is 16.5. The molecule has 1 aliphatic heterocycles. The standard InChI is InChI=1S/C24H25N5O5/c1-2-34-20-19(23(30)31)27-21(28-22(20)29-12-14-33-15-13-29)16-8-10-18(11-9-16)26-24(32)25-17-6-4-3-5-7-17/h3-11H,2,12-15H2,1H3,(H,30,31)(H2,25,26,32). The Bertz CT molecular complexity index is 1150. The second kappa shape index (κ2) is 10.6. The number of urea groups is 1. The minimum Gasteiger partial charge on any atom is -0.488 e. The van der Waals surface area contributed by atoms with Crippen LogP contribution in [0.1, 0.15) is 17.4 Å². The van der Waals surface area contributed by atoms with Crippen LogP contribution in [0, 0.1) is 0 Å². The molecule has 2 heterocycles. The van der Waals surface area contributed by atoms with Gasteiger partial charge in [0, 0.05) is 30.0 Å². The van der Waals surface area contributed by atoms with Gasteiger partial charge >= 0.3 is 12.0 Å². The highest BCUT2D eigenvalue weighted by Crippen LogP contribution is 2.33. The summed E-state index contributed by atoms with van der Waals surface area (Å²) in [6.07, 6.45) is 0. The van der Waals surface area contributed by atoms with Gasteiger partial charge in [0.25, 0.3) is 0 Å². The van der Waals surface area contributed by atoms with Gasteiger partial charge in [-0.1, -0.05) is 18.2 Å². The van der Waals surface area contributed by atoms with Crippen LogP contribution in [0.2, 0.25) is 0 Å². The fourth-order valence-corrected chi connectivity index (χ4v) is 3.50. The maximum absolute atomic E-state index is 12.2. The summed E-state index contributed by atoms with van der Waals surface area (Å²) in [4.78, 5) is 35.1. The number of aromatic nitrogens is 2. The van der Waals surface area contributed by atoms with E-state index < -0.39 is 5.97 Å². The predicted molar refractivity (Wildman–Crippen MR) is 128 cm³/mol. The molecule has 2 aromatic carbocycles. The Balaban J connectivity index is 1.59. The van der Waals surface area contributed by atoms with Crippen LogP contribution in [-0.4, -0.2) is 60.0 Å². The topological polar surface area (TPSA) is 126 Å². The van der Waals surface area contributed by atoms with Crippen LogP contribution in [0.3, 0.4) is 0 Å². The summed E-state index contributed by atoms with van der Waals surface area (Å²) in [6, 6.07) is 15.6. The van der Waals surface area contributed by atoms with E-state index in [0.717, 1.165) is 0 Å². The maximum atomic E-state index is 12.2. The Hall–Kier alpha value is -4.18. The number of morpholine rings is 1. The number of carboxylic acid groups (broad SMARTS) is 1. The minimum absolute atomic E-state index is 0.150. The fourth-order valence-electron chi connectivity index (χ4n) is 3.50. The van der Waals surface area contributed by atoms with Crippen molar-refractivity contribution >= 4 is 29.2 Å². The molecule has 2 amide bonds. The lowest BCUT2D eigenvalue weighted by Crippen LogP contribution is -2.37. The van der Waals surface area contributed by atoms with E-state index in [0.29, 0.717) is 49.1 Å². The second-order valence-corrected chi connectivity index (χ2v) is 7.41. The van der Waals surface area contributed by atoms with Gasteiger partial charge in [-0.3, -0.25) is 0 Å². The number of carboxylic acids is 1. The van der Waals surface area contributed by atoms with Crippen molar-refractivity contribution in [2.24, 2.45) is 0 Å². The molecule has 0 saturated carbocycles. The van der Waals surface area contributed by atoms with E-state index in [4.69, 9.17) is 9.47 Å². The molecule has 4 rings (SSSR count). The number of benzene rings is 2. The molecular formula is C24H25N5O5. The van der Waals surface area contributed by atoms with Crippen molar-refractivity contribution in [1.29, 1.82) is 0 Å². The number of nitrogens with zero attached hydrogens (tertiary/aromatic N) is 3. The zero-order valence-electron chi connectivity index (χ0n) is 18.7. The zero-order chi connectivity index (χ0) is 23.9. The molecule has 10 heteroatoms. The lowest BCUT2D eigenvalue weighted by Gasteiger charge is -2.29. The number of carbonyl (C=O) groups is 2. The van der Waals surface area contributed by atoms with Gasteiger partial charge in [-0.05, 0) is 43.3 Å². The highest BCUT2D eigenvalue weighted by Gasteiger charge is 2.26. The van der Waals surface area contributed by atoms with Gasteiger partial charge in [0.15, 0.2) is 23.1 Å². The first kappa shape index (κ1) is 23.0. The molecule has 1 saturated heterocycles. The molecule has 3 N–H and O–H groups in total. The molecule has 0 bridgehead atoms. The number of rotatable bonds is 7. The van der Waals surface area contributed by atoms with Crippen molar-refractivity contribution in [2.45, 2.75) is 6.92 Å². The molecule has 0 spiro atoms.